The predicted octanol–water partition coefficient (Wildman–Crippen LogP) is 2.51. The van der Waals surface area contributed by atoms with Crippen LogP contribution in [0.15, 0.2) is 72.0 Å². The van der Waals surface area contributed by atoms with Crippen molar-refractivity contribution in [2.24, 2.45) is 4.99 Å². The second kappa shape index (κ2) is 8.06. The molecule has 0 saturated carbocycles. The zero-order valence-corrected chi connectivity index (χ0v) is 13.8. The second-order valence-corrected chi connectivity index (χ2v) is 5.48. The Balaban J connectivity index is 1.69. The van der Waals surface area contributed by atoms with Gasteiger partial charge in [0, 0.05) is 26.0 Å². The van der Waals surface area contributed by atoms with Crippen LogP contribution in [0.2, 0.25) is 0 Å². The van der Waals surface area contributed by atoms with Gasteiger partial charge in [-0.05, 0) is 35.7 Å². The molecule has 0 aliphatic rings. The van der Waals surface area contributed by atoms with E-state index in [9.17, 15) is 0 Å². The molecule has 0 aliphatic heterocycles. The van der Waals surface area contributed by atoms with Crippen LogP contribution in [0.1, 0.15) is 11.1 Å². The van der Waals surface area contributed by atoms with Gasteiger partial charge in [-0.25, -0.2) is 4.68 Å². The number of anilines is 1. The van der Waals surface area contributed by atoms with Crippen LogP contribution in [0, 0.1) is 0 Å². The van der Waals surface area contributed by atoms with E-state index in [1.54, 1.807) is 13.2 Å². The van der Waals surface area contributed by atoms with Gasteiger partial charge in [0.25, 0.3) is 0 Å². The third kappa shape index (κ3) is 4.29. The summed E-state index contributed by atoms with van der Waals surface area (Å²) in [5.74, 6) is 0.849. The average molecular weight is 319 g/mol. The van der Waals surface area contributed by atoms with E-state index < -0.39 is 0 Å². The highest BCUT2D eigenvalue weighted by Crippen LogP contribution is 2.04. The molecule has 2 heterocycles. The summed E-state index contributed by atoms with van der Waals surface area (Å²) in [4.78, 5) is 8.43. The Labute approximate surface area is 141 Å². The highest BCUT2D eigenvalue weighted by Gasteiger charge is 2.01. The minimum absolute atomic E-state index is 0.700. The summed E-state index contributed by atoms with van der Waals surface area (Å²) in [6.07, 6.45) is 4.59. The Morgan fingerprint density at radius 2 is 1.83 bits per heavy atom. The first-order chi connectivity index (χ1) is 11.8. The number of aromatic nitrogens is 3. The SMILES string of the molecule is CN=c1ccc(NCCc2cccnc2)nn1Cc1ccccc1. The second-order valence-electron chi connectivity index (χ2n) is 5.48. The molecule has 0 amide bonds. The summed E-state index contributed by atoms with van der Waals surface area (Å²) in [5.41, 5.74) is 3.27. The van der Waals surface area contributed by atoms with Gasteiger partial charge in [-0.15, -0.1) is 0 Å². The molecule has 5 heteroatoms. The van der Waals surface area contributed by atoms with Crippen LogP contribution in [0.25, 0.3) is 0 Å². The molecule has 1 N–H and O–H groups in total. The van der Waals surface area contributed by atoms with E-state index in [0.717, 1.165) is 24.3 Å². The van der Waals surface area contributed by atoms with Gasteiger partial charge >= 0.3 is 0 Å². The lowest BCUT2D eigenvalue weighted by molar-refractivity contribution is 0.627. The van der Waals surface area contributed by atoms with Crippen molar-refractivity contribution in [2.45, 2.75) is 13.0 Å². The molecule has 122 valence electrons. The molecule has 0 atom stereocenters. The van der Waals surface area contributed by atoms with Crippen molar-refractivity contribution in [1.82, 2.24) is 14.8 Å². The van der Waals surface area contributed by atoms with Crippen molar-refractivity contribution < 1.29 is 0 Å². The molecule has 0 unspecified atom stereocenters. The summed E-state index contributed by atoms with van der Waals surface area (Å²) in [5, 5.41) is 8.04. The van der Waals surface area contributed by atoms with Crippen LogP contribution < -0.4 is 10.8 Å². The van der Waals surface area contributed by atoms with Crippen molar-refractivity contribution in [3.05, 3.63) is 83.6 Å². The quantitative estimate of drug-likeness (QED) is 0.759. The van der Waals surface area contributed by atoms with Crippen LogP contribution >= 0.6 is 0 Å². The number of nitrogens with zero attached hydrogens (tertiary/aromatic N) is 4. The lowest BCUT2D eigenvalue weighted by atomic mass is 10.2. The third-order valence-corrected chi connectivity index (χ3v) is 3.73. The molecule has 0 bridgehead atoms. The normalized spacial score (nSPS) is 11.5. The van der Waals surface area contributed by atoms with E-state index in [4.69, 9.17) is 0 Å². The maximum Gasteiger partial charge on any atom is 0.146 e. The molecule has 1 aromatic carbocycles. The summed E-state index contributed by atoms with van der Waals surface area (Å²) < 4.78 is 1.92. The summed E-state index contributed by atoms with van der Waals surface area (Å²) in [6, 6.07) is 18.3. The van der Waals surface area contributed by atoms with Crippen molar-refractivity contribution in [3.63, 3.8) is 0 Å². The van der Waals surface area contributed by atoms with Crippen molar-refractivity contribution in [2.75, 3.05) is 18.9 Å². The first kappa shape index (κ1) is 15.9. The fourth-order valence-electron chi connectivity index (χ4n) is 2.49. The molecule has 3 rings (SSSR count). The molecule has 0 fully saturated rings. The first-order valence-electron chi connectivity index (χ1n) is 8.03. The molecule has 0 radical (unpaired) electrons. The Morgan fingerprint density at radius 1 is 1.00 bits per heavy atom. The first-order valence-corrected chi connectivity index (χ1v) is 8.03. The van der Waals surface area contributed by atoms with E-state index in [1.165, 1.54) is 11.1 Å². The Morgan fingerprint density at radius 3 is 2.58 bits per heavy atom. The monoisotopic (exact) mass is 319 g/mol. The van der Waals surface area contributed by atoms with Gasteiger partial charge in [0.15, 0.2) is 0 Å². The number of benzene rings is 1. The smallest absolute Gasteiger partial charge is 0.146 e. The molecule has 0 spiro atoms. The minimum Gasteiger partial charge on any atom is -0.368 e. The topological polar surface area (TPSA) is 55.1 Å². The lowest BCUT2D eigenvalue weighted by Crippen LogP contribution is -2.25. The van der Waals surface area contributed by atoms with Crippen molar-refractivity contribution >= 4 is 5.82 Å². The minimum atomic E-state index is 0.700. The molecule has 5 nitrogen and oxygen atoms in total. The fraction of sp³-hybridized carbons (Fsp3) is 0.211. The predicted molar refractivity (Wildman–Crippen MR) is 95.7 cm³/mol. The standard InChI is InChI=1S/C19H21N5/c1-20-19-10-9-18(22-13-11-16-8-5-12-21-14-16)23-24(19)15-17-6-3-2-4-7-17/h2-10,12,14H,11,13,15H2,1H3,(H,22,23). The summed E-state index contributed by atoms with van der Waals surface area (Å²) >= 11 is 0. The van der Waals surface area contributed by atoms with Crippen LogP contribution in [0.3, 0.4) is 0 Å². The van der Waals surface area contributed by atoms with Gasteiger partial charge < -0.3 is 5.32 Å². The summed E-state index contributed by atoms with van der Waals surface area (Å²) in [7, 11) is 1.79. The van der Waals surface area contributed by atoms with E-state index in [0.29, 0.717) is 6.54 Å². The number of hydrogen-bond acceptors (Lipinski definition) is 4. The third-order valence-electron chi connectivity index (χ3n) is 3.73. The maximum atomic E-state index is 4.67. The van der Waals surface area contributed by atoms with Gasteiger partial charge in [0.1, 0.15) is 11.3 Å². The molecular formula is C19H21N5. The Kier molecular flexibility index (Phi) is 5.35. The molecule has 3 aromatic rings. The molecular weight excluding hydrogens is 298 g/mol. The van der Waals surface area contributed by atoms with Crippen molar-refractivity contribution in [1.29, 1.82) is 0 Å². The van der Waals surface area contributed by atoms with Crippen molar-refractivity contribution in [3.8, 4) is 0 Å². The van der Waals surface area contributed by atoms with E-state index in [-0.39, 0.29) is 0 Å². The molecule has 0 saturated heterocycles. The van der Waals surface area contributed by atoms with E-state index >= 15 is 0 Å². The van der Waals surface area contributed by atoms with Crippen LogP contribution in [0.5, 0.6) is 0 Å². The zero-order valence-electron chi connectivity index (χ0n) is 13.8. The summed E-state index contributed by atoms with van der Waals surface area (Å²) in [6.45, 7) is 1.51. The number of nitrogens with one attached hydrogen (secondary N) is 1. The van der Waals surface area contributed by atoms with E-state index in [1.807, 2.05) is 47.3 Å². The zero-order chi connectivity index (χ0) is 16.6. The van der Waals surface area contributed by atoms with Gasteiger partial charge in [0.2, 0.25) is 0 Å². The Hall–Kier alpha value is -2.95. The van der Waals surface area contributed by atoms with E-state index in [2.05, 4.69) is 38.6 Å². The van der Waals surface area contributed by atoms with Crippen LogP contribution in [-0.2, 0) is 13.0 Å². The van der Waals surface area contributed by atoms with Gasteiger partial charge in [0.05, 0.1) is 6.54 Å². The Bertz CT molecular complexity index is 825. The molecule has 0 aliphatic carbocycles. The van der Waals surface area contributed by atoms with Gasteiger partial charge in [-0.1, -0.05) is 36.4 Å². The lowest BCUT2D eigenvalue weighted by Gasteiger charge is -2.10. The molecule has 24 heavy (non-hydrogen) atoms. The van der Waals surface area contributed by atoms with Gasteiger partial charge in [-0.3, -0.25) is 9.98 Å². The number of pyridine rings is 1. The largest absolute Gasteiger partial charge is 0.368 e. The molecule has 2 aromatic heterocycles. The highest BCUT2D eigenvalue weighted by atomic mass is 15.3. The number of rotatable bonds is 6. The fourth-order valence-corrected chi connectivity index (χ4v) is 2.49. The maximum absolute atomic E-state index is 4.67. The highest BCUT2D eigenvalue weighted by molar-refractivity contribution is 5.32. The number of hydrogen-bond donors (Lipinski definition) is 1. The van der Waals surface area contributed by atoms with Crippen LogP contribution in [0.4, 0.5) is 5.82 Å². The average Bonchev–Trinajstić information content (AvgIpc) is 2.64. The van der Waals surface area contributed by atoms with Crippen LogP contribution in [-0.4, -0.2) is 28.4 Å². The van der Waals surface area contributed by atoms with Gasteiger partial charge in [-0.2, -0.15) is 5.10 Å².